The van der Waals surface area contributed by atoms with Gasteiger partial charge >= 0.3 is 12.3 Å². The molecule has 0 aliphatic rings. The molecule has 3 N–H and O–H groups in total. The lowest BCUT2D eigenvalue weighted by molar-refractivity contribution is -0.137. The summed E-state index contributed by atoms with van der Waals surface area (Å²) in [6.07, 6.45) is -5.64. The number of para-hydroxylation sites is 1. The number of H-pyrrole nitrogens is 1. The highest BCUT2D eigenvalue weighted by Crippen LogP contribution is 2.39. The second-order valence-corrected chi connectivity index (χ2v) is 7.75. The number of aromatic amines is 1. The molecule has 190 valence electrons. The van der Waals surface area contributed by atoms with E-state index >= 15 is 0 Å². The van der Waals surface area contributed by atoms with Crippen LogP contribution in [0.25, 0.3) is 16.8 Å². The quantitative estimate of drug-likeness (QED) is 0.152. The molecule has 0 spiro atoms. The molecular weight excluding hydrogens is 493 g/mol. The molecule has 3 aromatic carbocycles. The number of rotatable bonds is 6. The van der Waals surface area contributed by atoms with Crippen LogP contribution >= 0.6 is 0 Å². The van der Waals surface area contributed by atoms with Crippen LogP contribution in [-0.4, -0.2) is 26.1 Å². The number of carboxylic acid groups (broad SMARTS) is 1. The van der Waals surface area contributed by atoms with E-state index in [1.165, 1.54) is 30.3 Å². The summed E-state index contributed by atoms with van der Waals surface area (Å²) in [5.74, 6) is -0.212. The maximum atomic E-state index is 13.0. The largest absolute Gasteiger partial charge is 0.511 e. The van der Waals surface area contributed by atoms with Gasteiger partial charge in [0.2, 0.25) is 0 Å². The summed E-state index contributed by atoms with van der Waals surface area (Å²) in [5.41, 5.74) is -0.162. The number of azo groups is 1. The smallest absolute Gasteiger partial charge is 0.505 e. The summed E-state index contributed by atoms with van der Waals surface area (Å²) in [5, 5.41) is 30.5. The Bertz CT molecular complexity index is 1540. The van der Waals surface area contributed by atoms with Crippen LogP contribution < -0.4 is 10.3 Å². The number of hydrogen-bond donors (Lipinski definition) is 3. The standard InChI is InChI=1S/C25H19F3N4O5/c1-2-19-21(23(34)32(31-19)16-11-9-15(10-12-16)25(26,27)28)30-29-20-8-4-7-18(22(20)33)14-5-3-6-17(13-14)37-24(35)36/h3-13,31,33H,2H2,1H3,(H,35,36). The lowest BCUT2D eigenvalue weighted by Crippen LogP contribution is -2.14. The molecule has 0 radical (unpaired) electrons. The number of ether oxygens (including phenoxy) is 1. The molecule has 12 heteroatoms. The zero-order chi connectivity index (χ0) is 26.7. The highest BCUT2D eigenvalue weighted by molar-refractivity contribution is 5.77. The number of phenols is 1. The number of phenolic OH excluding ortho intramolecular Hbond substituents is 1. The fraction of sp³-hybridized carbons (Fsp3) is 0.120. The Morgan fingerprint density at radius 3 is 2.41 bits per heavy atom. The molecule has 1 aromatic heterocycles. The Morgan fingerprint density at radius 1 is 1.05 bits per heavy atom. The van der Waals surface area contributed by atoms with Crippen molar-refractivity contribution in [1.82, 2.24) is 9.78 Å². The fourth-order valence-electron chi connectivity index (χ4n) is 3.58. The maximum Gasteiger partial charge on any atom is 0.511 e. The maximum absolute atomic E-state index is 13.0. The van der Waals surface area contributed by atoms with E-state index in [-0.39, 0.29) is 28.6 Å². The Balaban J connectivity index is 1.68. The minimum Gasteiger partial charge on any atom is -0.505 e. The van der Waals surface area contributed by atoms with E-state index in [9.17, 15) is 27.9 Å². The number of nitrogens with zero attached hydrogens (tertiary/aromatic N) is 3. The van der Waals surface area contributed by atoms with E-state index in [4.69, 9.17) is 5.11 Å². The number of hydrogen-bond acceptors (Lipinski definition) is 6. The van der Waals surface area contributed by atoms with Crippen LogP contribution in [0.1, 0.15) is 18.2 Å². The minimum absolute atomic E-state index is 0.0331. The van der Waals surface area contributed by atoms with Crippen molar-refractivity contribution in [3.63, 3.8) is 0 Å². The van der Waals surface area contributed by atoms with Crippen molar-refractivity contribution in [3.05, 3.63) is 88.3 Å². The Labute approximate surface area is 207 Å². The van der Waals surface area contributed by atoms with Crippen molar-refractivity contribution in [2.24, 2.45) is 10.2 Å². The highest BCUT2D eigenvalue weighted by atomic mass is 19.4. The molecule has 0 saturated carbocycles. The van der Waals surface area contributed by atoms with E-state index in [0.717, 1.165) is 16.8 Å². The summed E-state index contributed by atoms with van der Waals surface area (Å²) in [4.78, 5) is 23.8. The zero-order valence-electron chi connectivity index (χ0n) is 19.2. The topological polar surface area (TPSA) is 129 Å². The molecular formula is C25H19F3N4O5. The predicted octanol–water partition coefficient (Wildman–Crippen LogP) is 6.59. The lowest BCUT2D eigenvalue weighted by Gasteiger charge is -2.08. The Kier molecular flexibility index (Phi) is 6.83. The number of halogens is 3. The van der Waals surface area contributed by atoms with Crippen LogP contribution in [0.15, 0.2) is 81.8 Å². The van der Waals surface area contributed by atoms with Crippen LogP contribution in [0.3, 0.4) is 0 Å². The van der Waals surface area contributed by atoms with E-state index in [1.54, 1.807) is 31.2 Å². The van der Waals surface area contributed by atoms with E-state index in [0.29, 0.717) is 23.2 Å². The van der Waals surface area contributed by atoms with Gasteiger partial charge in [-0.2, -0.15) is 13.2 Å². The Morgan fingerprint density at radius 2 is 1.76 bits per heavy atom. The van der Waals surface area contributed by atoms with Gasteiger partial charge in [-0.05, 0) is 54.4 Å². The van der Waals surface area contributed by atoms with Crippen molar-refractivity contribution in [2.45, 2.75) is 19.5 Å². The van der Waals surface area contributed by atoms with Gasteiger partial charge in [0.15, 0.2) is 11.4 Å². The van der Waals surface area contributed by atoms with Crippen LogP contribution in [0, 0.1) is 0 Å². The van der Waals surface area contributed by atoms with Gasteiger partial charge < -0.3 is 14.9 Å². The van der Waals surface area contributed by atoms with E-state index < -0.39 is 23.5 Å². The molecule has 0 fully saturated rings. The molecule has 0 saturated heterocycles. The number of nitrogens with one attached hydrogen (secondary N) is 1. The van der Waals surface area contributed by atoms with Crippen LogP contribution in [0.5, 0.6) is 11.5 Å². The molecule has 0 amide bonds. The van der Waals surface area contributed by atoms with Crippen molar-refractivity contribution in [3.8, 4) is 28.3 Å². The molecule has 0 aliphatic carbocycles. The molecule has 1 heterocycles. The zero-order valence-corrected chi connectivity index (χ0v) is 19.2. The fourth-order valence-corrected chi connectivity index (χ4v) is 3.58. The molecule has 4 rings (SSSR count). The third-order valence-electron chi connectivity index (χ3n) is 5.37. The van der Waals surface area contributed by atoms with Crippen molar-refractivity contribution in [2.75, 3.05) is 0 Å². The van der Waals surface area contributed by atoms with Gasteiger partial charge in [-0.1, -0.05) is 31.2 Å². The van der Waals surface area contributed by atoms with Gasteiger partial charge in [0.25, 0.3) is 5.56 Å². The second-order valence-electron chi connectivity index (χ2n) is 7.75. The summed E-state index contributed by atoms with van der Waals surface area (Å²) in [6.45, 7) is 1.76. The van der Waals surface area contributed by atoms with Crippen molar-refractivity contribution < 1.29 is 32.9 Å². The highest BCUT2D eigenvalue weighted by Gasteiger charge is 2.30. The first-order chi connectivity index (χ1) is 17.6. The monoisotopic (exact) mass is 512 g/mol. The summed E-state index contributed by atoms with van der Waals surface area (Å²) >= 11 is 0. The van der Waals surface area contributed by atoms with E-state index in [1.807, 2.05) is 0 Å². The first-order valence-electron chi connectivity index (χ1n) is 10.8. The van der Waals surface area contributed by atoms with E-state index in [2.05, 4.69) is 20.1 Å². The van der Waals surface area contributed by atoms with Gasteiger partial charge in [-0.15, -0.1) is 10.2 Å². The average Bonchev–Trinajstić information content (AvgIpc) is 3.18. The number of carbonyl (C=O) groups is 1. The predicted molar refractivity (Wildman–Crippen MR) is 127 cm³/mol. The van der Waals surface area contributed by atoms with Crippen LogP contribution in [-0.2, 0) is 12.6 Å². The normalized spacial score (nSPS) is 11.7. The second kappa shape index (κ2) is 10.0. The number of aryl methyl sites for hydroxylation is 1. The summed E-state index contributed by atoms with van der Waals surface area (Å²) in [7, 11) is 0. The molecule has 0 unspecified atom stereocenters. The summed E-state index contributed by atoms with van der Waals surface area (Å²) in [6, 6.07) is 14.8. The molecule has 0 bridgehead atoms. The molecule has 0 aliphatic heterocycles. The molecule has 0 atom stereocenters. The van der Waals surface area contributed by atoms with Gasteiger partial charge in [0.1, 0.15) is 11.4 Å². The number of alkyl halides is 3. The van der Waals surface area contributed by atoms with Crippen LogP contribution in [0.4, 0.5) is 29.3 Å². The van der Waals surface area contributed by atoms with Gasteiger partial charge in [0.05, 0.1) is 16.9 Å². The Hall–Kier alpha value is -4.87. The first kappa shape index (κ1) is 25.2. The summed E-state index contributed by atoms with van der Waals surface area (Å²) < 4.78 is 44.3. The molecule has 37 heavy (non-hydrogen) atoms. The van der Waals surface area contributed by atoms with Gasteiger partial charge in [0, 0.05) is 5.56 Å². The lowest BCUT2D eigenvalue weighted by atomic mass is 10.0. The van der Waals surface area contributed by atoms with Gasteiger partial charge in [-0.25, -0.2) is 9.48 Å². The molecule has 9 nitrogen and oxygen atoms in total. The first-order valence-corrected chi connectivity index (χ1v) is 10.8. The van der Waals surface area contributed by atoms with Crippen molar-refractivity contribution in [1.29, 1.82) is 0 Å². The number of aromatic nitrogens is 2. The number of aromatic hydroxyl groups is 1. The van der Waals surface area contributed by atoms with Crippen molar-refractivity contribution >= 4 is 17.5 Å². The SMILES string of the molecule is CCc1[nH]n(-c2ccc(C(F)(F)F)cc2)c(=O)c1N=Nc1cccc(-c2cccc(OC(=O)O)c2)c1O. The van der Waals surface area contributed by atoms with Crippen LogP contribution in [0.2, 0.25) is 0 Å². The molecule has 4 aromatic rings. The average molecular weight is 512 g/mol. The third kappa shape index (κ3) is 5.37. The third-order valence-corrected chi connectivity index (χ3v) is 5.37. The van der Waals surface area contributed by atoms with Gasteiger partial charge in [-0.3, -0.25) is 9.89 Å². The minimum atomic E-state index is -4.51. The number of benzene rings is 3.